The minimum Gasteiger partial charge on any atom is -0.325 e. The van der Waals surface area contributed by atoms with Gasteiger partial charge in [-0.05, 0) is 36.4 Å². The van der Waals surface area contributed by atoms with Crippen molar-refractivity contribution in [3.63, 3.8) is 0 Å². The van der Waals surface area contributed by atoms with Crippen molar-refractivity contribution in [1.29, 1.82) is 0 Å². The molecular formula is C16H14ClFN2O3S2. The zero-order valence-electron chi connectivity index (χ0n) is 13.0. The van der Waals surface area contributed by atoms with E-state index in [1.165, 1.54) is 36.0 Å². The largest absolute Gasteiger partial charge is 0.325 e. The first-order chi connectivity index (χ1) is 11.7. The number of anilines is 2. The van der Waals surface area contributed by atoms with Gasteiger partial charge >= 0.3 is 0 Å². The Morgan fingerprint density at radius 1 is 1.28 bits per heavy atom. The first kappa shape index (κ1) is 18.0. The van der Waals surface area contributed by atoms with Crippen LogP contribution in [-0.2, 0) is 14.8 Å². The topological polar surface area (TPSA) is 75.3 Å². The van der Waals surface area contributed by atoms with Crippen LogP contribution in [0.3, 0.4) is 0 Å². The quantitative estimate of drug-likeness (QED) is 0.813. The molecule has 1 atom stereocenters. The van der Waals surface area contributed by atoms with Crippen molar-refractivity contribution in [1.82, 2.24) is 0 Å². The molecule has 0 saturated carbocycles. The van der Waals surface area contributed by atoms with Crippen LogP contribution in [0.1, 0.15) is 13.3 Å². The summed E-state index contributed by atoms with van der Waals surface area (Å²) >= 11 is 7.18. The summed E-state index contributed by atoms with van der Waals surface area (Å²) in [6, 6.07) is 8.08. The standard InChI is InChI=1S/C16H14ClFN2O3S2/c1-9-6-16(21)19-14-8-11(3-5-15(14)24-9)25(22,23)20-10-2-4-13(18)12(17)7-10/h2-5,7-9,20H,6H2,1H3,(H,19,21). The molecule has 0 aliphatic carbocycles. The van der Waals surface area contributed by atoms with Crippen LogP contribution in [0.4, 0.5) is 15.8 Å². The molecule has 0 aromatic heterocycles. The zero-order valence-corrected chi connectivity index (χ0v) is 15.4. The summed E-state index contributed by atoms with van der Waals surface area (Å²) in [7, 11) is -3.91. The molecule has 0 bridgehead atoms. The van der Waals surface area contributed by atoms with Gasteiger partial charge in [0.05, 0.1) is 21.3 Å². The number of hydrogen-bond acceptors (Lipinski definition) is 4. The van der Waals surface area contributed by atoms with Crippen molar-refractivity contribution >= 4 is 50.7 Å². The van der Waals surface area contributed by atoms with E-state index in [-0.39, 0.29) is 26.8 Å². The molecule has 0 radical (unpaired) electrons. The highest BCUT2D eigenvalue weighted by atomic mass is 35.5. The molecule has 2 aromatic carbocycles. The molecule has 2 N–H and O–H groups in total. The number of amides is 1. The number of carbonyl (C=O) groups excluding carboxylic acids is 1. The van der Waals surface area contributed by atoms with Crippen LogP contribution >= 0.6 is 23.4 Å². The Hall–Kier alpha value is -1.77. The maximum absolute atomic E-state index is 13.2. The van der Waals surface area contributed by atoms with Crippen LogP contribution in [0.5, 0.6) is 0 Å². The Morgan fingerprint density at radius 3 is 2.76 bits per heavy atom. The van der Waals surface area contributed by atoms with Crippen LogP contribution in [0.2, 0.25) is 5.02 Å². The Kier molecular flexibility index (Phi) is 4.95. The molecule has 1 amide bonds. The Morgan fingerprint density at radius 2 is 2.04 bits per heavy atom. The van der Waals surface area contributed by atoms with Crippen molar-refractivity contribution in [3.8, 4) is 0 Å². The normalized spacial score (nSPS) is 17.4. The van der Waals surface area contributed by atoms with Gasteiger partial charge in [-0.3, -0.25) is 9.52 Å². The Bertz CT molecular complexity index is 950. The van der Waals surface area contributed by atoms with E-state index in [0.717, 1.165) is 11.0 Å². The fourth-order valence-corrected chi connectivity index (χ4v) is 4.68. The van der Waals surface area contributed by atoms with Crippen LogP contribution < -0.4 is 10.0 Å². The first-order valence-electron chi connectivity index (χ1n) is 7.33. The third-order valence-corrected chi connectivity index (χ3v) is 6.36. The molecule has 2 aromatic rings. The zero-order chi connectivity index (χ0) is 18.2. The fraction of sp³-hybridized carbons (Fsp3) is 0.188. The third-order valence-electron chi connectivity index (χ3n) is 3.51. The lowest BCUT2D eigenvalue weighted by Gasteiger charge is -2.12. The Balaban J connectivity index is 1.92. The van der Waals surface area contributed by atoms with Gasteiger partial charge in [0.25, 0.3) is 10.0 Å². The van der Waals surface area contributed by atoms with Gasteiger partial charge in [0.1, 0.15) is 5.82 Å². The van der Waals surface area contributed by atoms with Crippen molar-refractivity contribution in [2.45, 2.75) is 28.4 Å². The minimum atomic E-state index is -3.91. The highest BCUT2D eigenvalue weighted by molar-refractivity contribution is 8.00. The monoisotopic (exact) mass is 400 g/mol. The number of hydrogen-bond donors (Lipinski definition) is 2. The second-order valence-corrected chi connectivity index (χ2v) is 9.14. The molecule has 5 nitrogen and oxygen atoms in total. The summed E-state index contributed by atoms with van der Waals surface area (Å²) in [6.45, 7) is 1.93. The van der Waals surface area contributed by atoms with E-state index in [1.807, 2.05) is 6.92 Å². The first-order valence-corrected chi connectivity index (χ1v) is 10.1. The molecule has 0 spiro atoms. The predicted molar refractivity (Wildman–Crippen MR) is 97.2 cm³/mol. The van der Waals surface area contributed by atoms with E-state index in [1.54, 1.807) is 6.07 Å². The number of fused-ring (bicyclic) bond motifs is 1. The summed E-state index contributed by atoms with van der Waals surface area (Å²) in [6.07, 6.45) is 0.355. The van der Waals surface area contributed by atoms with Gasteiger partial charge in [-0.15, -0.1) is 11.8 Å². The number of rotatable bonds is 3. The molecule has 3 rings (SSSR count). The third kappa shape index (κ3) is 4.08. The molecule has 1 heterocycles. The number of sulfonamides is 1. The van der Waals surface area contributed by atoms with Crippen molar-refractivity contribution in [3.05, 3.63) is 47.2 Å². The smallest absolute Gasteiger partial charge is 0.261 e. The lowest BCUT2D eigenvalue weighted by atomic mass is 10.3. The van der Waals surface area contributed by atoms with Crippen molar-refractivity contribution in [2.24, 2.45) is 0 Å². The summed E-state index contributed by atoms with van der Waals surface area (Å²) in [5, 5.41) is 2.64. The molecule has 132 valence electrons. The maximum atomic E-state index is 13.2. The summed E-state index contributed by atoms with van der Waals surface area (Å²) in [4.78, 5) is 12.6. The second kappa shape index (κ2) is 6.86. The van der Waals surface area contributed by atoms with Gasteiger partial charge in [-0.1, -0.05) is 18.5 Å². The molecule has 1 aliphatic rings. The average molecular weight is 401 g/mol. The summed E-state index contributed by atoms with van der Waals surface area (Å²) in [5.74, 6) is -0.796. The average Bonchev–Trinajstić information content (AvgIpc) is 2.66. The van der Waals surface area contributed by atoms with E-state index in [0.29, 0.717) is 12.1 Å². The SMILES string of the molecule is CC1CC(=O)Nc2cc(S(=O)(=O)Nc3ccc(F)c(Cl)c3)ccc2S1. The van der Waals surface area contributed by atoms with Crippen LogP contribution in [0.15, 0.2) is 46.2 Å². The number of thioether (sulfide) groups is 1. The van der Waals surface area contributed by atoms with Gasteiger partial charge < -0.3 is 5.32 Å². The summed E-state index contributed by atoms with van der Waals surface area (Å²) < 4.78 is 40.6. The van der Waals surface area contributed by atoms with E-state index >= 15 is 0 Å². The van der Waals surface area contributed by atoms with Gasteiger partial charge in [-0.25, -0.2) is 12.8 Å². The van der Waals surface area contributed by atoms with Crippen molar-refractivity contribution < 1.29 is 17.6 Å². The van der Waals surface area contributed by atoms with Gasteiger partial charge in [0.2, 0.25) is 5.91 Å². The fourth-order valence-electron chi connectivity index (χ4n) is 2.37. The molecule has 1 aliphatic heterocycles. The van der Waals surface area contributed by atoms with Crippen LogP contribution in [0, 0.1) is 5.82 Å². The second-order valence-electron chi connectivity index (χ2n) is 5.57. The Labute approximate surface area is 154 Å². The highest BCUT2D eigenvalue weighted by Gasteiger charge is 2.22. The molecule has 0 saturated heterocycles. The number of benzene rings is 2. The minimum absolute atomic E-state index is 0.0119. The van der Waals surface area contributed by atoms with Gasteiger partial charge in [0.15, 0.2) is 0 Å². The molecular weight excluding hydrogens is 387 g/mol. The lowest BCUT2D eigenvalue weighted by Crippen LogP contribution is -2.15. The van der Waals surface area contributed by atoms with E-state index < -0.39 is 15.8 Å². The highest BCUT2D eigenvalue weighted by Crippen LogP contribution is 2.36. The van der Waals surface area contributed by atoms with Crippen molar-refractivity contribution in [2.75, 3.05) is 10.0 Å². The molecule has 25 heavy (non-hydrogen) atoms. The lowest BCUT2D eigenvalue weighted by molar-refractivity contribution is -0.116. The molecule has 0 fully saturated rings. The van der Waals surface area contributed by atoms with Gasteiger partial charge in [-0.2, -0.15) is 0 Å². The molecule has 9 heteroatoms. The van der Waals surface area contributed by atoms with Crippen LogP contribution in [0.25, 0.3) is 0 Å². The maximum Gasteiger partial charge on any atom is 0.261 e. The number of nitrogens with one attached hydrogen (secondary N) is 2. The van der Waals surface area contributed by atoms with Crippen LogP contribution in [-0.4, -0.2) is 19.6 Å². The molecule has 1 unspecified atom stereocenters. The number of carbonyl (C=O) groups is 1. The predicted octanol–water partition coefficient (Wildman–Crippen LogP) is 4.10. The van der Waals surface area contributed by atoms with E-state index in [2.05, 4.69) is 10.0 Å². The number of halogens is 2. The summed E-state index contributed by atoms with van der Waals surface area (Å²) in [5.41, 5.74) is 0.604. The van der Waals surface area contributed by atoms with E-state index in [4.69, 9.17) is 11.6 Å². The van der Waals surface area contributed by atoms with E-state index in [9.17, 15) is 17.6 Å². The van der Waals surface area contributed by atoms with Gasteiger partial charge in [0, 0.05) is 16.6 Å².